The summed E-state index contributed by atoms with van der Waals surface area (Å²) >= 11 is 0. The van der Waals surface area contributed by atoms with E-state index in [0.29, 0.717) is 6.42 Å². The molecular weight excluding hydrogens is 296 g/mol. The van der Waals surface area contributed by atoms with E-state index < -0.39 is 28.0 Å². The van der Waals surface area contributed by atoms with Gasteiger partial charge >= 0.3 is 11.6 Å². The minimum Gasteiger partial charge on any atom is -0.474 e. The molecule has 3 N–H and O–H groups in total. The van der Waals surface area contributed by atoms with Crippen LogP contribution in [0.2, 0.25) is 0 Å². The van der Waals surface area contributed by atoms with Gasteiger partial charge in [-0.25, -0.2) is 14.9 Å². The van der Waals surface area contributed by atoms with Gasteiger partial charge in [0.25, 0.3) is 0 Å². The highest BCUT2D eigenvalue weighted by Gasteiger charge is 2.63. The topological polar surface area (TPSA) is 153 Å². The van der Waals surface area contributed by atoms with E-state index in [0.717, 1.165) is 0 Å². The van der Waals surface area contributed by atoms with E-state index in [1.165, 1.54) is 24.3 Å². The number of hydrogen-bond acceptors (Lipinski definition) is 6. The first-order valence-corrected chi connectivity index (χ1v) is 6.45. The minimum atomic E-state index is -2.89. The van der Waals surface area contributed by atoms with E-state index in [2.05, 4.69) is 0 Å². The molecule has 0 aliphatic carbocycles. The molecule has 0 aliphatic rings. The number of carboxylic acids is 1. The van der Waals surface area contributed by atoms with Gasteiger partial charge in [-0.2, -0.15) is 0 Å². The number of aliphatic carboxylic acids is 1. The van der Waals surface area contributed by atoms with Crippen LogP contribution in [0.25, 0.3) is 0 Å². The average Bonchev–Trinajstić information content (AvgIpc) is 2.46. The predicted octanol–water partition coefficient (Wildman–Crippen LogP) is 0.871. The maximum atomic E-state index is 11.6. The molecule has 0 unspecified atom stereocenters. The fourth-order valence-corrected chi connectivity index (χ4v) is 2.08. The van der Waals surface area contributed by atoms with Crippen molar-refractivity contribution in [3.63, 3.8) is 0 Å². The van der Waals surface area contributed by atoms with Crippen LogP contribution in [0.1, 0.15) is 19.3 Å². The van der Waals surface area contributed by atoms with Crippen LogP contribution in [-0.4, -0.2) is 33.2 Å². The number of benzene rings is 1. The molecule has 0 saturated carbocycles. The molecule has 10 nitrogen and oxygen atoms in total. The molecule has 1 rings (SSSR count). The Labute approximate surface area is 125 Å². The third-order valence-electron chi connectivity index (χ3n) is 3.14. The van der Waals surface area contributed by atoms with Crippen molar-refractivity contribution < 1.29 is 19.9 Å². The van der Waals surface area contributed by atoms with Crippen molar-refractivity contribution in [3.8, 4) is 0 Å². The lowest BCUT2D eigenvalue weighted by molar-refractivity contribution is -0.625. The Bertz CT molecular complexity index is 536. The molecule has 0 heterocycles. The molecule has 0 radical (unpaired) electrons. The molecule has 0 bridgehead atoms. The van der Waals surface area contributed by atoms with E-state index in [1.54, 1.807) is 6.07 Å². The number of unbranched alkanes of at least 4 members (excludes halogenated alkanes) is 1. The van der Waals surface area contributed by atoms with Crippen LogP contribution in [0.5, 0.6) is 0 Å². The van der Waals surface area contributed by atoms with E-state index >= 15 is 0 Å². The number of hydrogen-bond donors (Lipinski definition) is 2. The maximum Gasteiger partial charge on any atom is 0.444 e. The molecule has 0 amide bonds. The molecule has 1 aromatic carbocycles. The third kappa shape index (κ3) is 3.28. The third-order valence-corrected chi connectivity index (χ3v) is 3.14. The largest absolute Gasteiger partial charge is 0.474 e. The van der Waals surface area contributed by atoms with Crippen LogP contribution in [0.15, 0.2) is 30.3 Å². The number of para-hydroxylation sites is 1. The van der Waals surface area contributed by atoms with E-state index in [-0.39, 0.29) is 23.7 Å². The molecule has 0 saturated heterocycles. The summed E-state index contributed by atoms with van der Waals surface area (Å²) in [5, 5.41) is 31.1. The van der Waals surface area contributed by atoms with Gasteiger partial charge < -0.3 is 10.8 Å². The second kappa shape index (κ2) is 7.31. The van der Waals surface area contributed by atoms with E-state index in [4.69, 9.17) is 5.73 Å². The first-order valence-electron chi connectivity index (χ1n) is 6.45. The molecule has 10 heteroatoms. The minimum absolute atomic E-state index is 0.0704. The number of hydrazine groups is 1. The molecule has 0 spiro atoms. The van der Waals surface area contributed by atoms with Crippen LogP contribution in [0, 0.1) is 20.2 Å². The molecule has 1 aromatic rings. The highest BCUT2D eigenvalue weighted by molar-refractivity contribution is 5.80. The summed E-state index contributed by atoms with van der Waals surface area (Å²) in [6.07, 6.45) is -0.146. The summed E-state index contributed by atoms with van der Waals surface area (Å²) in [6.45, 7) is 0.206. The number of nitro groups is 2. The van der Waals surface area contributed by atoms with Gasteiger partial charge in [-0.3, -0.25) is 10.1 Å². The zero-order valence-corrected chi connectivity index (χ0v) is 11.6. The lowest BCUT2D eigenvalue weighted by Crippen LogP contribution is -2.62. The summed E-state index contributed by atoms with van der Waals surface area (Å²) in [5.74, 6) is -1.89. The maximum absolute atomic E-state index is 11.6. The molecule has 1 atom stereocenters. The van der Waals surface area contributed by atoms with Crippen LogP contribution in [-0.2, 0) is 4.79 Å². The van der Waals surface area contributed by atoms with Crippen LogP contribution in [0.4, 0.5) is 5.69 Å². The molecule has 120 valence electrons. The van der Waals surface area contributed by atoms with Crippen molar-refractivity contribution in [3.05, 3.63) is 50.6 Å². The standard InChI is InChI=1S/C12H16N4O6/c13-9-5-4-8-12(11(17)18,15(19)20)14(16(21)22)10-6-2-1-3-7-10/h1-3,6-7H,4-5,8-9,13H2,(H,17,18)/t12-/m1/s1. The number of rotatable bonds is 9. The Morgan fingerprint density at radius 1 is 1.23 bits per heavy atom. The van der Waals surface area contributed by atoms with Gasteiger partial charge in [0.1, 0.15) is 5.69 Å². The molecule has 0 aromatic heterocycles. The summed E-state index contributed by atoms with van der Waals surface area (Å²) in [7, 11) is 0. The fourth-order valence-electron chi connectivity index (χ4n) is 2.08. The second-order valence-electron chi connectivity index (χ2n) is 4.51. The Balaban J connectivity index is 3.40. The van der Waals surface area contributed by atoms with Crippen LogP contribution < -0.4 is 10.7 Å². The lowest BCUT2D eigenvalue weighted by atomic mass is 10.0. The highest BCUT2D eigenvalue weighted by atomic mass is 16.7. The number of nitrogens with zero attached hydrogens (tertiary/aromatic N) is 3. The Morgan fingerprint density at radius 3 is 2.23 bits per heavy atom. The Kier molecular flexibility index (Phi) is 5.75. The van der Waals surface area contributed by atoms with Crippen molar-refractivity contribution in [2.24, 2.45) is 5.73 Å². The van der Waals surface area contributed by atoms with Gasteiger partial charge in [-0.1, -0.05) is 18.2 Å². The van der Waals surface area contributed by atoms with E-state index in [9.17, 15) is 30.1 Å². The summed E-state index contributed by atoms with van der Waals surface area (Å²) in [4.78, 5) is 33.2. The van der Waals surface area contributed by atoms with Crippen molar-refractivity contribution in [1.29, 1.82) is 0 Å². The zero-order valence-electron chi connectivity index (χ0n) is 11.6. The molecular formula is C12H16N4O6. The number of carboxylic acid groups (broad SMARTS) is 1. The van der Waals surface area contributed by atoms with Crippen LogP contribution in [0.3, 0.4) is 0 Å². The predicted molar refractivity (Wildman–Crippen MR) is 76.2 cm³/mol. The highest BCUT2D eigenvalue weighted by Crippen LogP contribution is 2.30. The van der Waals surface area contributed by atoms with Gasteiger partial charge in [-0.05, 0) is 36.5 Å². The van der Waals surface area contributed by atoms with Crippen molar-refractivity contribution in [2.45, 2.75) is 24.9 Å². The van der Waals surface area contributed by atoms with Crippen LogP contribution >= 0.6 is 0 Å². The zero-order chi connectivity index (χ0) is 16.8. The SMILES string of the molecule is NCCCC[C@@](C(=O)O)(N(c1ccccc1)[N+](=O)[O-])[N+](=O)[O-]. The first kappa shape index (κ1) is 17.3. The van der Waals surface area contributed by atoms with Gasteiger partial charge in [0.15, 0.2) is 5.03 Å². The van der Waals surface area contributed by atoms with Crippen molar-refractivity contribution in [1.82, 2.24) is 0 Å². The second-order valence-corrected chi connectivity index (χ2v) is 4.51. The van der Waals surface area contributed by atoms with Crippen molar-refractivity contribution >= 4 is 11.7 Å². The first-order chi connectivity index (χ1) is 10.4. The molecule has 0 fully saturated rings. The normalized spacial score (nSPS) is 13.1. The monoisotopic (exact) mass is 312 g/mol. The summed E-state index contributed by atoms with van der Waals surface area (Å²) in [5.41, 5.74) is 2.22. The number of anilines is 1. The number of nitrogens with two attached hydrogens (primary N) is 1. The van der Waals surface area contributed by atoms with Gasteiger partial charge in [0.05, 0.1) is 11.3 Å². The lowest BCUT2D eigenvalue weighted by Gasteiger charge is -2.26. The fraction of sp³-hybridized carbons (Fsp3) is 0.417. The molecule has 22 heavy (non-hydrogen) atoms. The number of carbonyl (C=O) groups is 1. The van der Waals surface area contributed by atoms with Crippen molar-refractivity contribution in [2.75, 3.05) is 11.6 Å². The van der Waals surface area contributed by atoms with Gasteiger partial charge in [0.2, 0.25) is 0 Å². The summed E-state index contributed by atoms with van der Waals surface area (Å²) in [6, 6.07) is 6.90. The smallest absolute Gasteiger partial charge is 0.444 e. The van der Waals surface area contributed by atoms with Gasteiger partial charge in [0, 0.05) is 0 Å². The van der Waals surface area contributed by atoms with Gasteiger partial charge in [-0.15, -0.1) is 0 Å². The summed E-state index contributed by atoms with van der Waals surface area (Å²) < 4.78 is 0. The molecule has 0 aliphatic heterocycles. The average molecular weight is 312 g/mol. The van der Waals surface area contributed by atoms with E-state index in [1.807, 2.05) is 0 Å². The Hall–Kier alpha value is -2.75. The quantitative estimate of drug-likeness (QED) is 0.295. The Morgan fingerprint density at radius 2 is 1.82 bits per heavy atom.